The standard InChI is InChI=1S/C12H8BrClN2O2/c13-9-2-1-7(14)5-10(9)16-8-3-4-15-11(6-8)12(17)18/h1-6H,(H,15,16)(H,17,18). The molecule has 0 amide bonds. The molecule has 0 aliphatic rings. The highest BCUT2D eigenvalue weighted by Gasteiger charge is 2.06. The third-order valence-electron chi connectivity index (χ3n) is 2.19. The number of carboxylic acid groups (broad SMARTS) is 1. The number of nitrogens with zero attached hydrogens (tertiary/aromatic N) is 1. The van der Waals surface area contributed by atoms with Gasteiger partial charge < -0.3 is 10.4 Å². The molecular formula is C12H8BrClN2O2. The van der Waals surface area contributed by atoms with Gasteiger partial charge in [-0.1, -0.05) is 11.6 Å². The average Bonchev–Trinajstić information content (AvgIpc) is 2.34. The van der Waals surface area contributed by atoms with E-state index >= 15 is 0 Å². The summed E-state index contributed by atoms with van der Waals surface area (Å²) >= 11 is 9.28. The van der Waals surface area contributed by atoms with Gasteiger partial charge in [0, 0.05) is 21.4 Å². The van der Waals surface area contributed by atoms with Gasteiger partial charge in [0.25, 0.3) is 0 Å². The van der Waals surface area contributed by atoms with Crippen molar-refractivity contribution in [3.63, 3.8) is 0 Å². The molecule has 92 valence electrons. The van der Waals surface area contributed by atoms with E-state index in [0.29, 0.717) is 10.7 Å². The van der Waals surface area contributed by atoms with Crippen molar-refractivity contribution in [3.05, 3.63) is 51.7 Å². The number of nitrogens with one attached hydrogen (secondary N) is 1. The number of pyridine rings is 1. The first kappa shape index (κ1) is 12.9. The quantitative estimate of drug-likeness (QED) is 0.896. The summed E-state index contributed by atoms with van der Waals surface area (Å²) in [7, 11) is 0. The van der Waals surface area contributed by atoms with Crippen molar-refractivity contribution in [2.24, 2.45) is 0 Å². The molecule has 0 aliphatic carbocycles. The summed E-state index contributed by atoms with van der Waals surface area (Å²) in [6.07, 6.45) is 1.43. The van der Waals surface area contributed by atoms with E-state index in [2.05, 4.69) is 26.2 Å². The lowest BCUT2D eigenvalue weighted by atomic mass is 10.2. The Morgan fingerprint density at radius 2 is 2.11 bits per heavy atom. The zero-order valence-electron chi connectivity index (χ0n) is 9.02. The van der Waals surface area contributed by atoms with E-state index in [-0.39, 0.29) is 5.69 Å². The lowest BCUT2D eigenvalue weighted by Crippen LogP contribution is -2.01. The zero-order valence-corrected chi connectivity index (χ0v) is 11.4. The van der Waals surface area contributed by atoms with Crippen molar-refractivity contribution >= 4 is 44.9 Å². The molecule has 2 N–H and O–H groups in total. The number of aromatic nitrogens is 1. The van der Waals surface area contributed by atoms with Crippen molar-refractivity contribution in [1.82, 2.24) is 4.98 Å². The number of halogens is 2. The molecule has 4 nitrogen and oxygen atoms in total. The van der Waals surface area contributed by atoms with Crippen LogP contribution >= 0.6 is 27.5 Å². The van der Waals surface area contributed by atoms with Gasteiger partial charge in [-0.15, -0.1) is 0 Å². The van der Waals surface area contributed by atoms with Gasteiger partial charge in [0.05, 0.1) is 5.69 Å². The summed E-state index contributed by atoms with van der Waals surface area (Å²) in [5, 5.41) is 12.5. The summed E-state index contributed by atoms with van der Waals surface area (Å²) in [6, 6.07) is 8.44. The molecule has 0 spiro atoms. The summed E-state index contributed by atoms with van der Waals surface area (Å²) in [5.41, 5.74) is 1.37. The predicted octanol–water partition coefficient (Wildman–Crippen LogP) is 3.94. The summed E-state index contributed by atoms with van der Waals surface area (Å²) in [6.45, 7) is 0. The van der Waals surface area contributed by atoms with E-state index in [1.807, 2.05) is 6.07 Å². The minimum atomic E-state index is -1.07. The first-order valence-electron chi connectivity index (χ1n) is 4.97. The zero-order chi connectivity index (χ0) is 13.1. The molecule has 0 atom stereocenters. The molecule has 18 heavy (non-hydrogen) atoms. The Hall–Kier alpha value is -1.59. The van der Waals surface area contributed by atoms with Gasteiger partial charge in [0.2, 0.25) is 0 Å². The summed E-state index contributed by atoms with van der Waals surface area (Å²) in [4.78, 5) is 14.5. The summed E-state index contributed by atoms with van der Waals surface area (Å²) in [5.74, 6) is -1.07. The Morgan fingerprint density at radius 1 is 1.33 bits per heavy atom. The number of carboxylic acids is 1. The highest BCUT2D eigenvalue weighted by atomic mass is 79.9. The van der Waals surface area contributed by atoms with Gasteiger partial charge in [-0.05, 0) is 46.3 Å². The molecule has 0 bridgehead atoms. The molecule has 6 heteroatoms. The van der Waals surface area contributed by atoms with Gasteiger partial charge in [0.1, 0.15) is 5.69 Å². The van der Waals surface area contributed by atoms with E-state index in [4.69, 9.17) is 16.7 Å². The van der Waals surface area contributed by atoms with Crippen LogP contribution in [0, 0.1) is 0 Å². The minimum absolute atomic E-state index is 0.0156. The molecule has 0 fully saturated rings. The topological polar surface area (TPSA) is 62.2 Å². The van der Waals surface area contributed by atoms with Crippen LogP contribution < -0.4 is 5.32 Å². The SMILES string of the molecule is O=C(O)c1cc(Nc2cc(Cl)ccc2Br)ccn1. The molecule has 0 unspecified atom stereocenters. The van der Waals surface area contributed by atoms with Gasteiger partial charge in [-0.3, -0.25) is 0 Å². The molecule has 0 radical (unpaired) electrons. The third-order valence-corrected chi connectivity index (χ3v) is 3.11. The molecule has 1 aromatic carbocycles. The highest BCUT2D eigenvalue weighted by molar-refractivity contribution is 9.10. The van der Waals surface area contributed by atoms with Crippen molar-refractivity contribution in [1.29, 1.82) is 0 Å². The number of hydrogen-bond acceptors (Lipinski definition) is 3. The van der Waals surface area contributed by atoms with Crippen molar-refractivity contribution in [2.45, 2.75) is 0 Å². The largest absolute Gasteiger partial charge is 0.477 e. The second-order valence-electron chi connectivity index (χ2n) is 3.48. The Bertz CT molecular complexity index is 604. The van der Waals surface area contributed by atoms with Crippen molar-refractivity contribution in [2.75, 3.05) is 5.32 Å². The maximum absolute atomic E-state index is 10.8. The van der Waals surface area contributed by atoms with Gasteiger partial charge in [-0.2, -0.15) is 0 Å². The van der Waals surface area contributed by atoms with E-state index in [0.717, 1.165) is 10.2 Å². The summed E-state index contributed by atoms with van der Waals surface area (Å²) < 4.78 is 0.834. The van der Waals surface area contributed by atoms with Crippen LogP contribution in [0.4, 0.5) is 11.4 Å². The maximum Gasteiger partial charge on any atom is 0.354 e. The number of aromatic carboxylic acids is 1. The monoisotopic (exact) mass is 326 g/mol. The number of hydrogen-bond donors (Lipinski definition) is 2. The van der Waals surface area contributed by atoms with E-state index in [1.165, 1.54) is 12.3 Å². The highest BCUT2D eigenvalue weighted by Crippen LogP contribution is 2.28. The van der Waals surface area contributed by atoms with Gasteiger partial charge >= 0.3 is 5.97 Å². The van der Waals surface area contributed by atoms with Crippen LogP contribution in [0.15, 0.2) is 41.0 Å². The maximum atomic E-state index is 10.8. The lowest BCUT2D eigenvalue weighted by molar-refractivity contribution is 0.0690. The number of benzene rings is 1. The van der Waals surface area contributed by atoms with Crippen molar-refractivity contribution < 1.29 is 9.90 Å². The van der Waals surface area contributed by atoms with Crippen LogP contribution in [0.2, 0.25) is 5.02 Å². The number of anilines is 2. The predicted molar refractivity (Wildman–Crippen MR) is 73.6 cm³/mol. The van der Waals surface area contributed by atoms with Crippen LogP contribution in [0.5, 0.6) is 0 Å². The second kappa shape index (κ2) is 5.37. The fourth-order valence-corrected chi connectivity index (χ4v) is 1.89. The van der Waals surface area contributed by atoms with Crippen LogP contribution in [-0.2, 0) is 0 Å². The smallest absolute Gasteiger partial charge is 0.354 e. The molecule has 1 heterocycles. The first-order chi connectivity index (χ1) is 8.56. The van der Waals surface area contributed by atoms with Crippen LogP contribution in [0.1, 0.15) is 10.5 Å². The van der Waals surface area contributed by atoms with Crippen molar-refractivity contribution in [3.8, 4) is 0 Å². The number of rotatable bonds is 3. The second-order valence-corrected chi connectivity index (χ2v) is 4.77. The van der Waals surface area contributed by atoms with E-state index < -0.39 is 5.97 Å². The Labute approximate surface area is 117 Å². The van der Waals surface area contributed by atoms with Gasteiger partial charge in [0.15, 0.2) is 0 Å². The minimum Gasteiger partial charge on any atom is -0.477 e. The van der Waals surface area contributed by atoms with E-state index in [1.54, 1.807) is 18.2 Å². The normalized spacial score (nSPS) is 10.1. The van der Waals surface area contributed by atoms with Gasteiger partial charge in [-0.25, -0.2) is 9.78 Å². The Balaban J connectivity index is 2.31. The average molecular weight is 328 g/mol. The Morgan fingerprint density at radius 3 is 2.83 bits per heavy atom. The molecule has 2 aromatic rings. The molecule has 1 aromatic heterocycles. The van der Waals surface area contributed by atoms with Crippen LogP contribution in [-0.4, -0.2) is 16.1 Å². The van der Waals surface area contributed by atoms with Crippen LogP contribution in [0.3, 0.4) is 0 Å². The van der Waals surface area contributed by atoms with Crippen LogP contribution in [0.25, 0.3) is 0 Å². The fourth-order valence-electron chi connectivity index (χ4n) is 1.37. The molecule has 0 aliphatic heterocycles. The Kier molecular flexibility index (Phi) is 3.84. The molecule has 0 saturated carbocycles. The lowest BCUT2D eigenvalue weighted by Gasteiger charge is -2.09. The molecule has 2 rings (SSSR count). The third kappa shape index (κ3) is 3.00. The molecule has 0 saturated heterocycles. The molecular weight excluding hydrogens is 320 g/mol. The fraction of sp³-hybridized carbons (Fsp3) is 0. The van der Waals surface area contributed by atoms with E-state index in [9.17, 15) is 4.79 Å². The first-order valence-corrected chi connectivity index (χ1v) is 6.15. The number of carbonyl (C=O) groups is 1.